The SMILES string of the molecule is O=C(CCCC1NCCN(C(=O)c2cc(C(F)(F)F)cc(C(F)(F)F)c2)C1Cc1c[nH]c2ccccc12)OCc1ccccc1. The molecule has 0 spiro atoms. The van der Waals surface area contributed by atoms with E-state index in [9.17, 15) is 35.9 Å². The van der Waals surface area contributed by atoms with Crippen molar-refractivity contribution in [3.05, 3.63) is 107 Å². The van der Waals surface area contributed by atoms with Crippen LogP contribution in [-0.4, -0.2) is 46.9 Å². The highest BCUT2D eigenvalue weighted by Crippen LogP contribution is 2.37. The third-order valence-electron chi connectivity index (χ3n) is 7.96. The van der Waals surface area contributed by atoms with Gasteiger partial charge in [0, 0.05) is 48.2 Å². The summed E-state index contributed by atoms with van der Waals surface area (Å²) in [7, 11) is 0. The standard InChI is InChI=1S/C33H31F6N3O3/c34-32(35,36)24-15-22(16-25(18-24)33(37,38)39)31(44)42-14-13-40-28(11-6-12-30(43)45-20-21-7-2-1-3-8-21)29(42)17-23-19-41-27-10-5-4-9-26(23)27/h1-5,7-10,15-16,18-19,28-29,40-41H,6,11-14,17,20H2. The number of alkyl halides is 6. The number of carbonyl (C=O) groups is 2. The van der Waals surface area contributed by atoms with Crippen LogP contribution in [0.5, 0.6) is 0 Å². The van der Waals surface area contributed by atoms with Crippen molar-refractivity contribution in [2.75, 3.05) is 13.1 Å². The molecule has 1 amide bonds. The van der Waals surface area contributed by atoms with Crippen LogP contribution in [0.25, 0.3) is 10.9 Å². The Kier molecular flexibility index (Phi) is 9.52. The van der Waals surface area contributed by atoms with Crippen molar-refractivity contribution in [1.29, 1.82) is 0 Å². The van der Waals surface area contributed by atoms with Crippen LogP contribution in [0, 0.1) is 0 Å². The Morgan fingerprint density at radius 3 is 2.24 bits per heavy atom. The molecule has 0 aliphatic carbocycles. The highest BCUT2D eigenvalue weighted by atomic mass is 19.4. The molecule has 2 heterocycles. The molecule has 0 bridgehead atoms. The minimum absolute atomic E-state index is 0.0116. The number of amides is 1. The first-order valence-corrected chi connectivity index (χ1v) is 14.5. The Labute approximate surface area is 255 Å². The fourth-order valence-electron chi connectivity index (χ4n) is 5.74. The number of H-pyrrole nitrogens is 1. The van der Waals surface area contributed by atoms with Crippen molar-refractivity contribution in [3.8, 4) is 0 Å². The van der Waals surface area contributed by atoms with Crippen LogP contribution in [0.2, 0.25) is 0 Å². The van der Waals surface area contributed by atoms with Crippen molar-refractivity contribution >= 4 is 22.8 Å². The molecular weight excluding hydrogens is 600 g/mol. The van der Waals surface area contributed by atoms with E-state index in [1.54, 1.807) is 6.20 Å². The van der Waals surface area contributed by atoms with E-state index in [4.69, 9.17) is 4.74 Å². The number of aromatic nitrogens is 1. The summed E-state index contributed by atoms with van der Waals surface area (Å²) in [4.78, 5) is 30.7. The van der Waals surface area contributed by atoms with Gasteiger partial charge in [-0.15, -0.1) is 0 Å². The summed E-state index contributed by atoms with van der Waals surface area (Å²) >= 11 is 0. The first-order valence-electron chi connectivity index (χ1n) is 14.5. The zero-order chi connectivity index (χ0) is 32.2. The molecule has 1 aliphatic heterocycles. The van der Waals surface area contributed by atoms with E-state index in [0.29, 0.717) is 25.0 Å². The zero-order valence-electron chi connectivity index (χ0n) is 24.0. The Bertz CT molecular complexity index is 1600. The normalized spacial score (nSPS) is 17.4. The lowest BCUT2D eigenvalue weighted by Gasteiger charge is -2.42. The number of halogens is 6. The van der Waals surface area contributed by atoms with Crippen LogP contribution < -0.4 is 5.32 Å². The van der Waals surface area contributed by atoms with E-state index in [1.807, 2.05) is 54.6 Å². The Morgan fingerprint density at radius 1 is 0.889 bits per heavy atom. The van der Waals surface area contributed by atoms with Crippen molar-refractivity contribution < 1.29 is 40.7 Å². The predicted molar refractivity (Wildman–Crippen MR) is 155 cm³/mol. The molecule has 5 rings (SSSR count). The Balaban J connectivity index is 1.39. The first-order chi connectivity index (χ1) is 21.4. The maximum atomic E-state index is 13.8. The van der Waals surface area contributed by atoms with Crippen LogP contribution in [0.3, 0.4) is 0 Å². The second-order valence-electron chi connectivity index (χ2n) is 11.0. The molecule has 238 valence electrons. The first kappa shape index (κ1) is 32.1. The lowest BCUT2D eigenvalue weighted by molar-refractivity contribution is -0.145. The van der Waals surface area contributed by atoms with Crippen molar-refractivity contribution in [2.24, 2.45) is 0 Å². The molecule has 1 fully saturated rings. The number of benzene rings is 3. The monoisotopic (exact) mass is 631 g/mol. The molecule has 1 aromatic heterocycles. The van der Waals surface area contributed by atoms with Gasteiger partial charge in [0.25, 0.3) is 5.91 Å². The third-order valence-corrected chi connectivity index (χ3v) is 7.96. The fourth-order valence-corrected chi connectivity index (χ4v) is 5.74. The number of carbonyl (C=O) groups excluding carboxylic acids is 2. The summed E-state index contributed by atoms with van der Waals surface area (Å²) in [5.74, 6) is -1.33. The number of nitrogens with one attached hydrogen (secondary N) is 2. The number of esters is 1. The molecule has 4 aromatic rings. The molecule has 0 radical (unpaired) electrons. The minimum atomic E-state index is -5.08. The molecule has 45 heavy (non-hydrogen) atoms. The van der Waals surface area contributed by atoms with E-state index >= 15 is 0 Å². The van der Waals surface area contributed by atoms with Crippen LogP contribution >= 0.6 is 0 Å². The maximum Gasteiger partial charge on any atom is 0.416 e. The van der Waals surface area contributed by atoms with Gasteiger partial charge in [-0.25, -0.2) is 0 Å². The van der Waals surface area contributed by atoms with Gasteiger partial charge in [-0.3, -0.25) is 9.59 Å². The average molecular weight is 632 g/mol. The lowest BCUT2D eigenvalue weighted by Crippen LogP contribution is -2.60. The van der Waals surface area contributed by atoms with Gasteiger partial charge in [0.2, 0.25) is 0 Å². The highest BCUT2D eigenvalue weighted by Gasteiger charge is 2.40. The van der Waals surface area contributed by atoms with Crippen LogP contribution in [0.1, 0.15) is 51.9 Å². The van der Waals surface area contributed by atoms with Crippen LogP contribution in [0.4, 0.5) is 26.3 Å². The molecule has 0 saturated carbocycles. The number of rotatable bonds is 9. The molecule has 12 heteroatoms. The van der Waals surface area contributed by atoms with Crippen LogP contribution in [0.15, 0.2) is 79.0 Å². The van der Waals surface area contributed by atoms with Gasteiger partial charge in [0.1, 0.15) is 6.61 Å². The third kappa shape index (κ3) is 7.86. The number of hydrogen-bond donors (Lipinski definition) is 2. The molecule has 2 unspecified atom stereocenters. The number of nitrogens with zero attached hydrogens (tertiary/aromatic N) is 1. The molecular formula is C33H31F6N3O3. The number of piperazine rings is 1. The average Bonchev–Trinajstić information content (AvgIpc) is 3.42. The number of fused-ring (bicyclic) bond motifs is 1. The number of aromatic amines is 1. The van der Waals surface area contributed by atoms with E-state index in [0.717, 1.165) is 22.0 Å². The summed E-state index contributed by atoms with van der Waals surface area (Å²) in [6.07, 6.45) is -7.21. The molecule has 6 nitrogen and oxygen atoms in total. The van der Waals surface area contributed by atoms with E-state index in [1.165, 1.54) is 4.90 Å². The quantitative estimate of drug-likeness (QED) is 0.152. The second kappa shape index (κ2) is 13.4. The topological polar surface area (TPSA) is 74.4 Å². The van der Waals surface area contributed by atoms with Gasteiger partial charge in [0.15, 0.2) is 0 Å². The summed E-state index contributed by atoms with van der Waals surface area (Å²) in [5.41, 5.74) is -1.25. The van der Waals surface area contributed by atoms with Gasteiger partial charge in [-0.05, 0) is 54.7 Å². The smallest absolute Gasteiger partial charge is 0.416 e. The van der Waals surface area contributed by atoms with E-state index in [2.05, 4.69) is 10.3 Å². The maximum absolute atomic E-state index is 13.8. The molecule has 3 aromatic carbocycles. The minimum Gasteiger partial charge on any atom is -0.461 e. The van der Waals surface area contributed by atoms with Gasteiger partial charge in [-0.2, -0.15) is 26.3 Å². The fraction of sp³-hybridized carbons (Fsp3) is 0.333. The molecule has 1 aliphatic rings. The van der Waals surface area contributed by atoms with E-state index in [-0.39, 0.29) is 38.6 Å². The van der Waals surface area contributed by atoms with Gasteiger partial charge >= 0.3 is 18.3 Å². The van der Waals surface area contributed by atoms with Crippen molar-refractivity contribution in [2.45, 2.75) is 56.7 Å². The predicted octanol–water partition coefficient (Wildman–Crippen LogP) is 7.14. The van der Waals surface area contributed by atoms with Crippen molar-refractivity contribution in [3.63, 3.8) is 0 Å². The summed E-state index contributed by atoms with van der Waals surface area (Å²) < 4.78 is 86.9. The Hall–Kier alpha value is -4.32. The summed E-state index contributed by atoms with van der Waals surface area (Å²) in [5, 5.41) is 4.24. The summed E-state index contributed by atoms with van der Waals surface area (Å²) in [6, 6.07) is 16.6. The van der Waals surface area contributed by atoms with E-state index < -0.39 is 53.0 Å². The molecule has 2 N–H and O–H groups in total. The highest BCUT2D eigenvalue weighted by molar-refractivity contribution is 5.95. The number of ether oxygens (including phenoxy) is 1. The van der Waals surface area contributed by atoms with Gasteiger partial charge < -0.3 is 19.9 Å². The van der Waals surface area contributed by atoms with Crippen molar-refractivity contribution in [1.82, 2.24) is 15.2 Å². The lowest BCUT2D eigenvalue weighted by atomic mass is 9.91. The molecule has 1 saturated heterocycles. The van der Waals surface area contributed by atoms with Crippen LogP contribution in [-0.2, 0) is 34.9 Å². The van der Waals surface area contributed by atoms with Gasteiger partial charge in [-0.1, -0.05) is 48.5 Å². The van der Waals surface area contributed by atoms with Gasteiger partial charge in [0.05, 0.1) is 17.2 Å². The zero-order valence-corrected chi connectivity index (χ0v) is 24.0. The number of para-hydroxylation sites is 1. The number of hydrogen-bond acceptors (Lipinski definition) is 4. The molecule has 2 atom stereocenters. The second-order valence-corrected chi connectivity index (χ2v) is 11.0. The Morgan fingerprint density at radius 2 is 1.56 bits per heavy atom. The summed E-state index contributed by atoms with van der Waals surface area (Å²) in [6.45, 7) is 0.465. The largest absolute Gasteiger partial charge is 0.461 e.